The van der Waals surface area contributed by atoms with Gasteiger partial charge in [0.05, 0.1) is 13.2 Å². The molecule has 0 aromatic rings. The molecular weight excluding hydrogens is 266 g/mol. The monoisotopic (exact) mass is 295 g/mol. The van der Waals surface area contributed by atoms with Crippen LogP contribution < -0.4 is 10.6 Å². The summed E-state index contributed by atoms with van der Waals surface area (Å²) in [6.07, 6.45) is 8.32. The van der Waals surface area contributed by atoms with E-state index in [1.807, 2.05) is 0 Å². The Bertz CT molecular complexity index is 330. The van der Waals surface area contributed by atoms with Gasteiger partial charge >= 0.3 is 0 Å². The lowest BCUT2D eigenvalue weighted by Gasteiger charge is -2.36. The van der Waals surface area contributed by atoms with Gasteiger partial charge in [-0.1, -0.05) is 12.8 Å². The maximum atomic E-state index is 12.1. The van der Waals surface area contributed by atoms with Crippen LogP contribution in [0.2, 0.25) is 0 Å². The van der Waals surface area contributed by atoms with Gasteiger partial charge in [-0.2, -0.15) is 0 Å². The molecule has 2 heterocycles. The van der Waals surface area contributed by atoms with Crippen molar-refractivity contribution in [3.8, 4) is 0 Å². The van der Waals surface area contributed by atoms with E-state index in [4.69, 9.17) is 4.74 Å². The summed E-state index contributed by atoms with van der Waals surface area (Å²) >= 11 is 0. The van der Waals surface area contributed by atoms with Gasteiger partial charge in [-0.25, -0.2) is 0 Å². The molecule has 3 rings (SSSR count). The quantitative estimate of drug-likeness (QED) is 0.809. The fourth-order valence-corrected chi connectivity index (χ4v) is 3.94. The van der Waals surface area contributed by atoms with E-state index >= 15 is 0 Å². The Morgan fingerprint density at radius 3 is 2.62 bits per heavy atom. The highest BCUT2D eigenvalue weighted by Crippen LogP contribution is 2.26. The number of piperidine rings is 1. The smallest absolute Gasteiger partial charge is 0.221 e. The van der Waals surface area contributed by atoms with Crippen molar-refractivity contribution in [3.63, 3.8) is 0 Å². The van der Waals surface area contributed by atoms with Crippen molar-refractivity contribution < 1.29 is 9.53 Å². The van der Waals surface area contributed by atoms with Gasteiger partial charge in [0.15, 0.2) is 0 Å². The topological polar surface area (TPSA) is 53.6 Å². The molecule has 1 aliphatic carbocycles. The molecule has 3 aliphatic rings. The van der Waals surface area contributed by atoms with Crippen molar-refractivity contribution in [3.05, 3.63) is 0 Å². The average Bonchev–Trinajstić information content (AvgIpc) is 3.03. The molecule has 5 nitrogen and oxygen atoms in total. The molecule has 0 spiro atoms. The zero-order valence-corrected chi connectivity index (χ0v) is 13.0. The van der Waals surface area contributed by atoms with E-state index in [-0.39, 0.29) is 11.9 Å². The molecule has 0 aromatic heterocycles. The predicted octanol–water partition coefficient (Wildman–Crippen LogP) is 0.888. The van der Waals surface area contributed by atoms with Crippen molar-refractivity contribution >= 4 is 5.91 Å². The summed E-state index contributed by atoms with van der Waals surface area (Å²) in [6, 6.07) is 1.39. The van der Waals surface area contributed by atoms with E-state index in [9.17, 15) is 4.79 Å². The number of nitrogens with zero attached hydrogens (tertiary/aromatic N) is 1. The molecule has 1 amide bonds. The molecule has 3 fully saturated rings. The third-order valence-corrected chi connectivity index (χ3v) is 5.17. The molecule has 1 unspecified atom stereocenters. The summed E-state index contributed by atoms with van der Waals surface area (Å²) in [5.74, 6) is 0.178. The number of hydrogen-bond acceptors (Lipinski definition) is 4. The largest absolute Gasteiger partial charge is 0.378 e. The van der Waals surface area contributed by atoms with Crippen LogP contribution in [0.5, 0.6) is 0 Å². The number of morpholine rings is 1. The van der Waals surface area contributed by atoms with Crippen LogP contribution in [0.3, 0.4) is 0 Å². The van der Waals surface area contributed by atoms with E-state index < -0.39 is 0 Å². The maximum absolute atomic E-state index is 12.1. The predicted molar refractivity (Wildman–Crippen MR) is 82.2 cm³/mol. The molecule has 0 aromatic carbocycles. The summed E-state index contributed by atoms with van der Waals surface area (Å²) in [5.41, 5.74) is 0. The molecule has 120 valence electrons. The number of hydrogen-bond donors (Lipinski definition) is 2. The standard InChI is InChI=1S/C16H29N3O2/c20-16(11-14-12-21-10-7-17-14)18-13-5-8-19(9-6-13)15-3-1-2-4-15/h13-15,17H,1-12H2,(H,18,20). The van der Waals surface area contributed by atoms with Crippen molar-refractivity contribution in [1.29, 1.82) is 0 Å². The normalized spacial score (nSPS) is 29.6. The minimum absolute atomic E-state index is 0.178. The van der Waals surface area contributed by atoms with Crippen LogP contribution in [-0.2, 0) is 9.53 Å². The highest BCUT2D eigenvalue weighted by atomic mass is 16.5. The Kier molecular flexibility index (Phi) is 5.49. The van der Waals surface area contributed by atoms with Crippen molar-refractivity contribution in [2.45, 2.75) is 63.1 Å². The van der Waals surface area contributed by atoms with Crippen LogP contribution in [0.25, 0.3) is 0 Å². The molecular formula is C16H29N3O2. The van der Waals surface area contributed by atoms with Gasteiger partial charge in [-0.05, 0) is 25.7 Å². The van der Waals surface area contributed by atoms with Gasteiger partial charge in [0.25, 0.3) is 0 Å². The Labute approximate surface area is 127 Å². The fourth-order valence-electron chi connectivity index (χ4n) is 3.94. The first-order chi connectivity index (χ1) is 10.3. The number of carbonyl (C=O) groups is 1. The molecule has 21 heavy (non-hydrogen) atoms. The molecule has 5 heteroatoms. The number of ether oxygens (including phenoxy) is 1. The summed E-state index contributed by atoms with van der Waals surface area (Å²) in [7, 11) is 0. The lowest BCUT2D eigenvalue weighted by atomic mass is 10.0. The van der Waals surface area contributed by atoms with Crippen LogP contribution >= 0.6 is 0 Å². The Morgan fingerprint density at radius 2 is 1.95 bits per heavy atom. The first-order valence-electron chi connectivity index (χ1n) is 8.66. The van der Waals surface area contributed by atoms with E-state index in [1.54, 1.807) is 0 Å². The number of carbonyl (C=O) groups excluding carboxylic acids is 1. The molecule has 1 atom stereocenters. The average molecular weight is 295 g/mol. The van der Waals surface area contributed by atoms with Gasteiger partial charge in [0.1, 0.15) is 0 Å². The molecule has 0 bridgehead atoms. The summed E-state index contributed by atoms with van der Waals surface area (Å²) in [4.78, 5) is 14.7. The van der Waals surface area contributed by atoms with Gasteiger partial charge in [-0.3, -0.25) is 4.79 Å². The zero-order chi connectivity index (χ0) is 14.5. The first kappa shape index (κ1) is 15.3. The van der Waals surface area contributed by atoms with Crippen molar-refractivity contribution in [1.82, 2.24) is 15.5 Å². The van der Waals surface area contributed by atoms with Gasteiger partial charge in [-0.15, -0.1) is 0 Å². The van der Waals surface area contributed by atoms with Crippen LogP contribution in [0, 0.1) is 0 Å². The number of rotatable bonds is 4. The summed E-state index contributed by atoms with van der Waals surface area (Å²) in [5, 5.41) is 6.55. The Balaban J connectivity index is 1.35. The van der Waals surface area contributed by atoms with Gasteiger partial charge in [0, 0.05) is 44.2 Å². The van der Waals surface area contributed by atoms with Crippen LogP contribution in [0.15, 0.2) is 0 Å². The lowest BCUT2D eigenvalue weighted by Crippen LogP contribution is -2.49. The second-order valence-electron chi connectivity index (χ2n) is 6.75. The number of likely N-dealkylation sites (tertiary alicyclic amines) is 1. The molecule has 2 saturated heterocycles. The molecule has 2 N–H and O–H groups in total. The second kappa shape index (κ2) is 7.56. The highest BCUT2D eigenvalue weighted by molar-refractivity contribution is 5.76. The van der Waals surface area contributed by atoms with Gasteiger partial charge < -0.3 is 20.3 Å². The van der Waals surface area contributed by atoms with E-state index in [1.165, 1.54) is 25.7 Å². The maximum Gasteiger partial charge on any atom is 0.221 e. The van der Waals surface area contributed by atoms with E-state index in [0.717, 1.165) is 45.1 Å². The first-order valence-corrected chi connectivity index (χ1v) is 8.66. The van der Waals surface area contributed by atoms with Crippen LogP contribution in [-0.4, -0.2) is 61.8 Å². The zero-order valence-electron chi connectivity index (χ0n) is 13.0. The lowest BCUT2D eigenvalue weighted by molar-refractivity contribution is -0.123. The number of nitrogens with one attached hydrogen (secondary N) is 2. The molecule has 1 saturated carbocycles. The summed E-state index contributed by atoms with van der Waals surface area (Å²) < 4.78 is 5.39. The van der Waals surface area contributed by atoms with Crippen LogP contribution in [0.1, 0.15) is 44.9 Å². The van der Waals surface area contributed by atoms with E-state index in [0.29, 0.717) is 19.1 Å². The van der Waals surface area contributed by atoms with Crippen molar-refractivity contribution in [2.75, 3.05) is 32.8 Å². The summed E-state index contributed by atoms with van der Waals surface area (Å²) in [6.45, 7) is 4.59. The Morgan fingerprint density at radius 1 is 1.19 bits per heavy atom. The fraction of sp³-hybridized carbons (Fsp3) is 0.938. The minimum Gasteiger partial charge on any atom is -0.378 e. The third-order valence-electron chi connectivity index (χ3n) is 5.17. The molecule has 2 aliphatic heterocycles. The second-order valence-corrected chi connectivity index (χ2v) is 6.75. The number of amides is 1. The van der Waals surface area contributed by atoms with E-state index in [2.05, 4.69) is 15.5 Å². The Hall–Kier alpha value is -0.650. The highest BCUT2D eigenvalue weighted by Gasteiger charge is 2.28. The third kappa shape index (κ3) is 4.41. The molecule has 0 radical (unpaired) electrons. The van der Waals surface area contributed by atoms with Gasteiger partial charge in [0.2, 0.25) is 5.91 Å². The van der Waals surface area contributed by atoms with Crippen LogP contribution in [0.4, 0.5) is 0 Å². The minimum atomic E-state index is 0.178. The SMILES string of the molecule is O=C(CC1COCCN1)NC1CCN(C2CCCC2)CC1. The van der Waals surface area contributed by atoms with Crippen molar-refractivity contribution in [2.24, 2.45) is 0 Å².